The smallest absolute Gasteiger partial charge is 0.255 e. The molecule has 0 saturated heterocycles. The molecule has 0 bridgehead atoms. The van der Waals surface area contributed by atoms with Gasteiger partial charge < -0.3 is 10.2 Å². The molecule has 1 aliphatic heterocycles. The lowest BCUT2D eigenvalue weighted by Gasteiger charge is -2.28. The average molecular weight is 291 g/mol. The number of halogens is 3. The lowest BCUT2D eigenvalue weighted by molar-refractivity contribution is -0.134. The molecule has 1 aliphatic rings. The van der Waals surface area contributed by atoms with E-state index in [1.54, 1.807) is 0 Å². The van der Waals surface area contributed by atoms with Gasteiger partial charge in [-0.1, -0.05) is 24.3 Å². The molecule has 1 aromatic rings. The van der Waals surface area contributed by atoms with Crippen molar-refractivity contribution in [2.24, 2.45) is 0 Å². The van der Waals surface area contributed by atoms with Gasteiger partial charge in [0.25, 0.3) is 6.43 Å². The van der Waals surface area contributed by atoms with Crippen LogP contribution in [0.15, 0.2) is 24.3 Å². The highest BCUT2D eigenvalue weighted by Gasteiger charge is 2.27. The van der Waals surface area contributed by atoms with Gasteiger partial charge in [-0.3, -0.25) is 4.79 Å². The maximum Gasteiger partial charge on any atom is 0.255 e. The van der Waals surface area contributed by atoms with E-state index in [1.807, 2.05) is 24.3 Å². The van der Waals surface area contributed by atoms with Crippen molar-refractivity contribution in [3.05, 3.63) is 35.4 Å². The highest BCUT2D eigenvalue weighted by atomic mass is 35.5. The Morgan fingerprint density at radius 2 is 2.05 bits per heavy atom. The summed E-state index contributed by atoms with van der Waals surface area (Å²) in [7, 11) is 1.41. The molecule has 0 radical (unpaired) electrons. The molecular weight excluding hydrogens is 274 g/mol. The van der Waals surface area contributed by atoms with Gasteiger partial charge in [0, 0.05) is 13.6 Å². The summed E-state index contributed by atoms with van der Waals surface area (Å²) in [5, 5.41) is 3.09. The minimum Gasteiger partial charge on any atom is -0.339 e. The normalized spacial score (nSPS) is 17.6. The molecule has 6 heteroatoms. The SMILES string of the molecule is CN(CC(F)F)C(=O)C1Cc2ccccc2CN1.Cl. The van der Waals surface area contributed by atoms with Crippen LogP contribution in [0, 0.1) is 0 Å². The first-order chi connectivity index (χ1) is 8.58. The molecule has 19 heavy (non-hydrogen) atoms. The van der Waals surface area contributed by atoms with E-state index in [1.165, 1.54) is 7.05 Å². The van der Waals surface area contributed by atoms with Crippen LogP contribution in [0.25, 0.3) is 0 Å². The molecule has 1 N–H and O–H groups in total. The first kappa shape index (κ1) is 15.9. The number of nitrogens with zero attached hydrogens (tertiary/aromatic N) is 1. The van der Waals surface area contributed by atoms with Gasteiger partial charge in [0.2, 0.25) is 5.91 Å². The number of amides is 1. The van der Waals surface area contributed by atoms with E-state index in [4.69, 9.17) is 0 Å². The van der Waals surface area contributed by atoms with E-state index in [0.29, 0.717) is 13.0 Å². The Morgan fingerprint density at radius 3 is 2.68 bits per heavy atom. The Labute approximate surface area is 117 Å². The second-order valence-electron chi connectivity index (χ2n) is 4.52. The van der Waals surface area contributed by atoms with E-state index < -0.39 is 19.0 Å². The number of carbonyl (C=O) groups is 1. The first-order valence-corrected chi connectivity index (χ1v) is 5.91. The summed E-state index contributed by atoms with van der Waals surface area (Å²) < 4.78 is 24.5. The monoisotopic (exact) mass is 290 g/mol. The van der Waals surface area contributed by atoms with Gasteiger partial charge in [0.1, 0.15) is 0 Å². The lowest BCUT2D eigenvalue weighted by Crippen LogP contribution is -2.49. The van der Waals surface area contributed by atoms with E-state index in [2.05, 4.69) is 5.32 Å². The predicted octanol–water partition coefficient (Wildman–Crippen LogP) is 1.85. The van der Waals surface area contributed by atoms with Gasteiger partial charge in [-0.15, -0.1) is 12.4 Å². The number of fused-ring (bicyclic) bond motifs is 1. The molecular formula is C13H17ClF2N2O. The fourth-order valence-corrected chi connectivity index (χ4v) is 2.19. The molecule has 3 nitrogen and oxygen atoms in total. The Bertz CT molecular complexity index is 442. The molecule has 1 atom stereocenters. The van der Waals surface area contributed by atoms with Crippen molar-refractivity contribution in [3.63, 3.8) is 0 Å². The van der Waals surface area contributed by atoms with Crippen molar-refractivity contribution in [2.45, 2.75) is 25.4 Å². The van der Waals surface area contributed by atoms with Crippen LogP contribution in [0.5, 0.6) is 0 Å². The Hall–Kier alpha value is -1.20. The van der Waals surface area contributed by atoms with Crippen molar-refractivity contribution in [3.8, 4) is 0 Å². The molecule has 0 aliphatic carbocycles. The third kappa shape index (κ3) is 3.88. The quantitative estimate of drug-likeness (QED) is 0.921. The number of hydrogen-bond acceptors (Lipinski definition) is 2. The number of likely N-dealkylation sites (N-methyl/N-ethyl adjacent to an activating group) is 1. The van der Waals surface area contributed by atoms with E-state index in [0.717, 1.165) is 16.0 Å². The van der Waals surface area contributed by atoms with Crippen LogP contribution in [-0.2, 0) is 17.8 Å². The molecule has 1 unspecified atom stereocenters. The number of rotatable bonds is 3. The van der Waals surface area contributed by atoms with Gasteiger partial charge in [-0.2, -0.15) is 0 Å². The Morgan fingerprint density at radius 1 is 1.42 bits per heavy atom. The van der Waals surface area contributed by atoms with E-state index >= 15 is 0 Å². The van der Waals surface area contributed by atoms with Crippen LogP contribution >= 0.6 is 12.4 Å². The maximum absolute atomic E-state index is 12.2. The summed E-state index contributed by atoms with van der Waals surface area (Å²) in [5.41, 5.74) is 2.28. The summed E-state index contributed by atoms with van der Waals surface area (Å²) in [6.45, 7) is 0.0910. The van der Waals surface area contributed by atoms with Crippen LogP contribution in [0.4, 0.5) is 8.78 Å². The average Bonchev–Trinajstić information content (AvgIpc) is 2.36. The lowest BCUT2D eigenvalue weighted by atomic mass is 9.95. The molecule has 1 heterocycles. The van der Waals surface area contributed by atoms with Crippen LogP contribution in [-0.4, -0.2) is 36.9 Å². The fraction of sp³-hybridized carbons (Fsp3) is 0.462. The van der Waals surface area contributed by atoms with Gasteiger partial charge in [0.15, 0.2) is 0 Å². The Balaban J connectivity index is 0.00000180. The van der Waals surface area contributed by atoms with Crippen LogP contribution in [0.3, 0.4) is 0 Å². The van der Waals surface area contributed by atoms with Crippen molar-refractivity contribution in [2.75, 3.05) is 13.6 Å². The number of alkyl halides is 2. The molecule has 0 spiro atoms. The van der Waals surface area contributed by atoms with Crippen molar-refractivity contribution in [1.29, 1.82) is 0 Å². The van der Waals surface area contributed by atoms with Gasteiger partial charge >= 0.3 is 0 Å². The van der Waals surface area contributed by atoms with Gasteiger partial charge in [0.05, 0.1) is 12.6 Å². The highest BCUT2D eigenvalue weighted by molar-refractivity contribution is 5.85. The topological polar surface area (TPSA) is 32.3 Å². The summed E-state index contributed by atoms with van der Waals surface area (Å²) in [4.78, 5) is 13.1. The van der Waals surface area contributed by atoms with Crippen molar-refractivity contribution in [1.82, 2.24) is 10.2 Å². The van der Waals surface area contributed by atoms with Gasteiger partial charge in [-0.05, 0) is 17.5 Å². The third-order valence-electron chi connectivity index (χ3n) is 3.17. The van der Waals surface area contributed by atoms with Gasteiger partial charge in [-0.25, -0.2) is 8.78 Å². The van der Waals surface area contributed by atoms with Crippen molar-refractivity contribution >= 4 is 18.3 Å². The fourth-order valence-electron chi connectivity index (χ4n) is 2.19. The minimum atomic E-state index is -2.49. The second-order valence-corrected chi connectivity index (χ2v) is 4.52. The summed E-state index contributed by atoms with van der Waals surface area (Å²) in [6, 6.07) is 7.46. The first-order valence-electron chi connectivity index (χ1n) is 5.91. The predicted molar refractivity (Wildman–Crippen MR) is 71.7 cm³/mol. The molecule has 1 amide bonds. The number of nitrogens with one attached hydrogen (secondary N) is 1. The molecule has 2 rings (SSSR count). The van der Waals surface area contributed by atoms with Crippen LogP contribution in [0.1, 0.15) is 11.1 Å². The van der Waals surface area contributed by atoms with Crippen LogP contribution in [0.2, 0.25) is 0 Å². The zero-order valence-electron chi connectivity index (χ0n) is 10.6. The largest absolute Gasteiger partial charge is 0.339 e. The standard InChI is InChI=1S/C13H16F2N2O.ClH/c1-17(8-12(14)15)13(18)11-6-9-4-2-3-5-10(9)7-16-11;/h2-5,11-12,16H,6-8H2,1H3;1H. The highest BCUT2D eigenvalue weighted by Crippen LogP contribution is 2.17. The zero-order valence-corrected chi connectivity index (χ0v) is 11.4. The minimum absolute atomic E-state index is 0. The van der Waals surface area contributed by atoms with E-state index in [-0.39, 0.29) is 18.3 Å². The molecule has 106 valence electrons. The molecule has 1 aromatic carbocycles. The molecule has 0 fully saturated rings. The number of carbonyl (C=O) groups excluding carboxylic acids is 1. The second kappa shape index (κ2) is 6.82. The molecule has 0 saturated carbocycles. The number of hydrogen-bond donors (Lipinski definition) is 1. The summed E-state index contributed by atoms with van der Waals surface area (Å²) in [5.74, 6) is -0.273. The third-order valence-corrected chi connectivity index (χ3v) is 3.17. The maximum atomic E-state index is 12.2. The zero-order chi connectivity index (χ0) is 13.1. The van der Waals surface area contributed by atoms with Crippen LogP contribution < -0.4 is 5.32 Å². The Kier molecular flexibility index (Phi) is 5.69. The van der Waals surface area contributed by atoms with E-state index in [9.17, 15) is 13.6 Å². The van der Waals surface area contributed by atoms with Crippen molar-refractivity contribution < 1.29 is 13.6 Å². The number of benzene rings is 1. The summed E-state index contributed by atoms with van der Waals surface area (Å²) >= 11 is 0. The molecule has 0 aromatic heterocycles. The summed E-state index contributed by atoms with van der Waals surface area (Å²) in [6.07, 6.45) is -1.93.